The number of carbonyl (C=O) groups is 3. The maximum atomic E-state index is 12.5. The van der Waals surface area contributed by atoms with E-state index in [0.717, 1.165) is 22.3 Å². The predicted octanol–water partition coefficient (Wildman–Crippen LogP) is 4.27. The van der Waals surface area contributed by atoms with Gasteiger partial charge < -0.3 is 34.7 Å². The van der Waals surface area contributed by atoms with E-state index in [0.29, 0.717) is 0 Å². The number of benzene rings is 2. The number of carboxylic acids is 1. The summed E-state index contributed by atoms with van der Waals surface area (Å²) >= 11 is 0. The summed E-state index contributed by atoms with van der Waals surface area (Å²) in [6.45, 7) is 5.33. The Morgan fingerprint density at radius 3 is 2.13 bits per heavy atom. The van der Waals surface area contributed by atoms with Crippen molar-refractivity contribution in [2.24, 2.45) is 0 Å². The lowest BCUT2D eigenvalue weighted by Crippen LogP contribution is -2.45. The molecule has 0 spiro atoms. The molecule has 10 heteroatoms. The molecule has 0 aromatic heterocycles. The fourth-order valence-corrected chi connectivity index (χ4v) is 4.35. The lowest BCUT2D eigenvalue weighted by molar-refractivity contribution is -0.142. The molecular formula is C28H36N2O8. The third-order valence-electron chi connectivity index (χ3n) is 5.99. The average molecular weight is 529 g/mol. The van der Waals surface area contributed by atoms with E-state index in [2.05, 4.69) is 22.8 Å². The number of aliphatic carboxylic acids is 1. The van der Waals surface area contributed by atoms with Gasteiger partial charge in [0.15, 0.2) is 0 Å². The second-order valence-corrected chi connectivity index (χ2v) is 10.0. The van der Waals surface area contributed by atoms with Gasteiger partial charge in [-0.1, -0.05) is 48.5 Å². The van der Waals surface area contributed by atoms with Crippen molar-refractivity contribution in [2.45, 2.75) is 57.3 Å². The second-order valence-electron chi connectivity index (χ2n) is 10.0. The Balaban J connectivity index is 1.51. The number of alkyl carbamates (subject to hydrolysis) is 2. The van der Waals surface area contributed by atoms with E-state index in [9.17, 15) is 19.5 Å². The molecule has 0 radical (unpaired) electrons. The number of hydrogen-bond donors (Lipinski definition) is 3. The molecule has 3 N–H and O–H groups in total. The van der Waals surface area contributed by atoms with Gasteiger partial charge in [0.2, 0.25) is 0 Å². The summed E-state index contributed by atoms with van der Waals surface area (Å²) in [6.07, 6.45) is -1.83. The summed E-state index contributed by atoms with van der Waals surface area (Å²) in [7, 11) is 1.44. The zero-order valence-corrected chi connectivity index (χ0v) is 22.2. The van der Waals surface area contributed by atoms with Crippen molar-refractivity contribution in [1.29, 1.82) is 0 Å². The molecule has 0 fully saturated rings. The van der Waals surface area contributed by atoms with Crippen LogP contribution in [-0.2, 0) is 23.7 Å². The van der Waals surface area contributed by atoms with Gasteiger partial charge in [0.05, 0.1) is 6.10 Å². The van der Waals surface area contributed by atoms with Crippen LogP contribution in [0.2, 0.25) is 0 Å². The summed E-state index contributed by atoms with van der Waals surface area (Å²) in [5, 5.41) is 14.6. The Morgan fingerprint density at radius 1 is 0.974 bits per heavy atom. The van der Waals surface area contributed by atoms with Crippen molar-refractivity contribution in [3.8, 4) is 11.1 Å². The SMILES string of the molecule is COCO[C@@H](CCNC(=O)OCC1c2ccccc2-c2ccccc21)C[C@H](NC(=O)OC(C)(C)C)C(=O)O. The van der Waals surface area contributed by atoms with Gasteiger partial charge in [-0.2, -0.15) is 0 Å². The first-order chi connectivity index (χ1) is 18.1. The lowest BCUT2D eigenvalue weighted by Gasteiger charge is -2.24. The van der Waals surface area contributed by atoms with Crippen molar-refractivity contribution in [3.63, 3.8) is 0 Å². The molecular weight excluding hydrogens is 492 g/mol. The minimum Gasteiger partial charge on any atom is -0.480 e. The molecule has 0 aliphatic heterocycles. The van der Waals surface area contributed by atoms with Crippen LogP contribution in [0.25, 0.3) is 11.1 Å². The normalized spacial score (nSPS) is 14.1. The lowest BCUT2D eigenvalue weighted by atomic mass is 9.98. The predicted molar refractivity (Wildman–Crippen MR) is 140 cm³/mol. The number of carboxylic acid groups (broad SMARTS) is 1. The summed E-state index contributed by atoms with van der Waals surface area (Å²) in [6, 6.07) is 14.9. The van der Waals surface area contributed by atoms with Gasteiger partial charge in [0.1, 0.15) is 25.0 Å². The summed E-state index contributed by atoms with van der Waals surface area (Å²) < 4.78 is 21.2. The maximum absolute atomic E-state index is 12.5. The number of ether oxygens (including phenoxy) is 4. The molecule has 38 heavy (non-hydrogen) atoms. The molecule has 10 nitrogen and oxygen atoms in total. The molecule has 0 bridgehead atoms. The van der Waals surface area contributed by atoms with Crippen LogP contribution in [0.3, 0.4) is 0 Å². The van der Waals surface area contributed by atoms with Gasteiger partial charge in [0.25, 0.3) is 0 Å². The average Bonchev–Trinajstić information content (AvgIpc) is 3.18. The number of nitrogens with one attached hydrogen (secondary N) is 2. The molecule has 206 valence electrons. The fourth-order valence-electron chi connectivity index (χ4n) is 4.35. The van der Waals surface area contributed by atoms with Gasteiger partial charge in [0, 0.05) is 26.0 Å². The van der Waals surface area contributed by atoms with Gasteiger partial charge >= 0.3 is 18.2 Å². The Bertz CT molecular complexity index is 1070. The van der Waals surface area contributed by atoms with Crippen LogP contribution in [0.15, 0.2) is 48.5 Å². The van der Waals surface area contributed by atoms with Crippen LogP contribution in [0.4, 0.5) is 9.59 Å². The molecule has 1 aliphatic rings. The molecule has 0 unspecified atom stereocenters. The van der Waals surface area contributed by atoms with Gasteiger partial charge in [-0.05, 0) is 49.4 Å². The van der Waals surface area contributed by atoms with Crippen molar-refractivity contribution in [3.05, 3.63) is 59.7 Å². The molecule has 2 aromatic carbocycles. The van der Waals surface area contributed by atoms with Crippen molar-refractivity contribution in [2.75, 3.05) is 27.1 Å². The smallest absolute Gasteiger partial charge is 0.408 e. The van der Waals surface area contributed by atoms with E-state index >= 15 is 0 Å². The summed E-state index contributed by atoms with van der Waals surface area (Å²) in [5.74, 6) is -1.28. The summed E-state index contributed by atoms with van der Waals surface area (Å²) in [5.41, 5.74) is 3.75. The van der Waals surface area contributed by atoms with Gasteiger partial charge in [-0.25, -0.2) is 14.4 Å². The molecule has 2 atom stereocenters. The minimum atomic E-state index is -1.25. The highest BCUT2D eigenvalue weighted by atomic mass is 16.7. The number of rotatable bonds is 12. The molecule has 0 heterocycles. The third kappa shape index (κ3) is 8.19. The van der Waals surface area contributed by atoms with E-state index in [-0.39, 0.29) is 38.7 Å². The zero-order valence-electron chi connectivity index (χ0n) is 22.2. The zero-order chi connectivity index (χ0) is 27.7. The van der Waals surface area contributed by atoms with Gasteiger partial charge in [-0.15, -0.1) is 0 Å². The minimum absolute atomic E-state index is 0.0513. The molecule has 1 aliphatic carbocycles. The van der Waals surface area contributed by atoms with Gasteiger partial charge in [-0.3, -0.25) is 0 Å². The van der Waals surface area contributed by atoms with E-state index in [1.54, 1.807) is 20.8 Å². The first-order valence-corrected chi connectivity index (χ1v) is 12.5. The Labute approximate surface area is 222 Å². The van der Waals surface area contributed by atoms with Crippen molar-refractivity contribution in [1.82, 2.24) is 10.6 Å². The van der Waals surface area contributed by atoms with E-state index in [1.807, 2.05) is 36.4 Å². The second kappa shape index (κ2) is 13.3. The Hall–Kier alpha value is -3.63. The van der Waals surface area contributed by atoms with Crippen molar-refractivity contribution < 1.29 is 38.4 Å². The molecule has 3 rings (SSSR count). The molecule has 2 aromatic rings. The van der Waals surface area contributed by atoms with Crippen LogP contribution in [-0.4, -0.2) is 68.1 Å². The van der Waals surface area contributed by atoms with E-state index in [4.69, 9.17) is 18.9 Å². The molecule has 0 saturated carbocycles. The van der Waals surface area contributed by atoms with Crippen LogP contribution >= 0.6 is 0 Å². The maximum Gasteiger partial charge on any atom is 0.408 e. The first-order valence-electron chi connectivity index (χ1n) is 12.5. The third-order valence-corrected chi connectivity index (χ3v) is 5.99. The fraction of sp³-hybridized carbons (Fsp3) is 0.464. The number of hydrogen-bond acceptors (Lipinski definition) is 7. The van der Waals surface area contributed by atoms with E-state index in [1.165, 1.54) is 7.11 Å². The highest BCUT2D eigenvalue weighted by molar-refractivity contribution is 5.80. The standard InChI is InChI=1S/C28H36N2O8/c1-28(2,3)38-27(34)30-24(25(31)32)15-18(37-17-35-4)13-14-29-26(33)36-16-23-21-11-7-5-9-19(21)20-10-6-8-12-22(20)23/h5-12,18,23-24H,13-17H2,1-4H3,(H,29,33)(H,30,34)(H,31,32)/t18-,24-/m0/s1. The topological polar surface area (TPSA) is 132 Å². The number of methoxy groups -OCH3 is 1. The highest BCUT2D eigenvalue weighted by Crippen LogP contribution is 2.44. The van der Waals surface area contributed by atoms with Crippen LogP contribution in [0.5, 0.6) is 0 Å². The molecule has 2 amide bonds. The number of carbonyl (C=O) groups excluding carboxylic acids is 2. The summed E-state index contributed by atoms with van der Waals surface area (Å²) in [4.78, 5) is 36.3. The van der Waals surface area contributed by atoms with E-state index < -0.39 is 35.9 Å². The Kier molecular flexibility index (Phi) is 10.1. The number of amides is 2. The highest BCUT2D eigenvalue weighted by Gasteiger charge is 2.30. The van der Waals surface area contributed by atoms with Crippen LogP contribution < -0.4 is 10.6 Å². The largest absolute Gasteiger partial charge is 0.480 e. The van der Waals surface area contributed by atoms with Crippen LogP contribution in [0, 0.1) is 0 Å². The van der Waals surface area contributed by atoms with Crippen molar-refractivity contribution >= 4 is 18.2 Å². The number of fused-ring (bicyclic) bond motifs is 3. The first kappa shape index (κ1) is 28.9. The quantitative estimate of drug-likeness (QED) is 0.348. The monoisotopic (exact) mass is 528 g/mol. The Morgan fingerprint density at radius 2 is 1.58 bits per heavy atom. The van der Waals surface area contributed by atoms with Crippen LogP contribution in [0.1, 0.15) is 50.7 Å². The molecule has 0 saturated heterocycles.